The minimum absolute atomic E-state index is 0.112. The lowest BCUT2D eigenvalue weighted by Crippen LogP contribution is -2.15. The van der Waals surface area contributed by atoms with Crippen LogP contribution < -0.4 is 5.32 Å². The van der Waals surface area contributed by atoms with E-state index in [9.17, 15) is 9.59 Å². The van der Waals surface area contributed by atoms with Crippen LogP contribution in [0.4, 0.5) is 5.69 Å². The number of hydrogen-bond donors (Lipinski definition) is 1. The van der Waals surface area contributed by atoms with E-state index in [1.165, 1.54) is 24.5 Å². The monoisotopic (exact) mass is 345 g/mol. The Labute approximate surface area is 141 Å². The maximum atomic E-state index is 12.4. The second kappa shape index (κ2) is 6.67. The van der Waals surface area contributed by atoms with Gasteiger partial charge in [-0.2, -0.15) is 0 Å². The topological polar surface area (TPSA) is 94.3 Å². The first-order valence-corrected chi connectivity index (χ1v) is 7.45. The smallest absolute Gasteiger partial charge is 0.376 e. The summed E-state index contributed by atoms with van der Waals surface area (Å²) in [5.74, 6) is -1.26. The number of carbonyl (C=O) groups excluding carboxylic acids is 2. The van der Waals surface area contributed by atoms with Gasteiger partial charge in [0.25, 0.3) is 5.91 Å². The standard InChI is InChI=1S/C16H12ClN3O4/c1-2-23-16(22)13-12(10-4-3-6-19-15(10)24-13)20-14(21)9-5-7-18-11(17)8-9/h3-8H,2H2,1H3,(H,20,21). The van der Waals surface area contributed by atoms with Crippen molar-refractivity contribution >= 4 is 40.3 Å². The van der Waals surface area contributed by atoms with Gasteiger partial charge in [0.2, 0.25) is 11.5 Å². The van der Waals surface area contributed by atoms with E-state index >= 15 is 0 Å². The Kier molecular flexibility index (Phi) is 4.43. The highest BCUT2D eigenvalue weighted by Crippen LogP contribution is 2.30. The number of esters is 1. The molecule has 3 aromatic heterocycles. The molecule has 7 nitrogen and oxygen atoms in total. The second-order valence-corrected chi connectivity index (χ2v) is 5.09. The summed E-state index contributed by atoms with van der Waals surface area (Å²) in [6.07, 6.45) is 2.94. The summed E-state index contributed by atoms with van der Waals surface area (Å²) < 4.78 is 10.4. The molecule has 1 amide bonds. The minimum Gasteiger partial charge on any atom is -0.460 e. The molecule has 0 aliphatic rings. The van der Waals surface area contributed by atoms with Gasteiger partial charge in [0.1, 0.15) is 10.8 Å². The number of hydrogen-bond acceptors (Lipinski definition) is 6. The number of nitrogens with one attached hydrogen (secondary N) is 1. The number of nitrogens with zero attached hydrogens (tertiary/aromatic N) is 2. The predicted molar refractivity (Wildman–Crippen MR) is 87.2 cm³/mol. The van der Waals surface area contributed by atoms with Crippen molar-refractivity contribution in [3.8, 4) is 0 Å². The SMILES string of the molecule is CCOC(=O)c1oc2ncccc2c1NC(=O)c1ccnc(Cl)c1. The third kappa shape index (κ3) is 3.07. The average Bonchev–Trinajstić information content (AvgIpc) is 2.94. The van der Waals surface area contributed by atoms with Crippen LogP contribution in [-0.4, -0.2) is 28.5 Å². The van der Waals surface area contributed by atoms with Gasteiger partial charge in [0.15, 0.2) is 0 Å². The van der Waals surface area contributed by atoms with Crippen molar-refractivity contribution in [3.05, 3.63) is 53.1 Å². The predicted octanol–water partition coefficient (Wildman–Crippen LogP) is 3.31. The Morgan fingerprint density at radius 2 is 2.12 bits per heavy atom. The molecular formula is C16H12ClN3O4. The number of carbonyl (C=O) groups is 2. The van der Waals surface area contributed by atoms with E-state index in [-0.39, 0.29) is 28.9 Å². The Morgan fingerprint density at radius 1 is 1.29 bits per heavy atom. The minimum atomic E-state index is -0.682. The number of furan rings is 1. The molecule has 1 N–H and O–H groups in total. The zero-order valence-corrected chi connectivity index (χ0v) is 13.3. The molecule has 3 aromatic rings. The van der Waals surface area contributed by atoms with Gasteiger partial charge in [-0.1, -0.05) is 11.6 Å². The molecule has 3 rings (SSSR count). The zero-order valence-electron chi connectivity index (χ0n) is 12.6. The number of halogens is 1. The Hall–Kier alpha value is -2.93. The number of fused-ring (bicyclic) bond motifs is 1. The van der Waals surface area contributed by atoms with Gasteiger partial charge in [0.05, 0.1) is 12.0 Å². The van der Waals surface area contributed by atoms with E-state index < -0.39 is 11.9 Å². The van der Waals surface area contributed by atoms with Crippen molar-refractivity contribution in [1.82, 2.24) is 9.97 Å². The van der Waals surface area contributed by atoms with Crippen molar-refractivity contribution < 1.29 is 18.7 Å². The molecule has 0 aliphatic heterocycles. The van der Waals surface area contributed by atoms with E-state index in [1.54, 1.807) is 19.1 Å². The van der Waals surface area contributed by atoms with Gasteiger partial charge in [-0.3, -0.25) is 4.79 Å². The molecule has 0 fully saturated rings. The fraction of sp³-hybridized carbons (Fsp3) is 0.125. The highest BCUT2D eigenvalue weighted by molar-refractivity contribution is 6.29. The number of rotatable bonds is 4. The molecule has 3 heterocycles. The van der Waals surface area contributed by atoms with E-state index in [2.05, 4.69) is 15.3 Å². The van der Waals surface area contributed by atoms with Crippen molar-refractivity contribution in [2.75, 3.05) is 11.9 Å². The lowest BCUT2D eigenvalue weighted by Gasteiger charge is -2.06. The Morgan fingerprint density at radius 3 is 2.88 bits per heavy atom. The van der Waals surface area contributed by atoms with Gasteiger partial charge < -0.3 is 14.5 Å². The molecule has 0 aliphatic carbocycles. The quantitative estimate of drug-likeness (QED) is 0.576. The normalized spacial score (nSPS) is 10.6. The molecule has 0 bridgehead atoms. The van der Waals surface area contributed by atoms with Crippen LogP contribution in [0.3, 0.4) is 0 Å². The number of pyridine rings is 2. The molecule has 122 valence electrons. The number of anilines is 1. The Bertz CT molecular complexity index is 923. The molecule has 0 atom stereocenters. The van der Waals surface area contributed by atoms with Crippen LogP contribution in [0.2, 0.25) is 5.15 Å². The molecule has 8 heteroatoms. The molecule has 0 unspecified atom stereocenters. The summed E-state index contributed by atoms with van der Waals surface area (Å²) in [5, 5.41) is 3.34. The molecule has 24 heavy (non-hydrogen) atoms. The van der Waals surface area contributed by atoms with Crippen molar-refractivity contribution in [2.24, 2.45) is 0 Å². The highest BCUT2D eigenvalue weighted by Gasteiger charge is 2.24. The van der Waals surface area contributed by atoms with Gasteiger partial charge in [-0.05, 0) is 31.2 Å². The summed E-state index contributed by atoms with van der Waals surface area (Å²) in [5.41, 5.74) is 0.723. The second-order valence-electron chi connectivity index (χ2n) is 4.70. The first-order valence-electron chi connectivity index (χ1n) is 7.07. The van der Waals surface area contributed by atoms with Crippen molar-refractivity contribution in [3.63, 3.8) is 0 Å². The zero-order chi connectivity index (χ0) is 17.1. The van der Waals surface area contributed by atoms with Gasteiger partial charge >= 0.3 is 5.97 Å². The fourth-order valence-corrected chi connectivity index (χ4v) is 2.30. The lowest BCUT2D eigenvalue weighted by molar-refractivity contribution is 0.0494. The van der Waals surface area contributed by atoms with E-state index in [4.69, 9.17) is 20.8 Å². The van der Waals surface area contributed by atoms with Crippen LogP contribution in [0.1, 0.15) is 27.8 Å². The van der Waals surface area contributed by atoms with Gasteiger partial charge in [-0.25, -0.2) is 14.8 Å². The summed E-state index contributed by atoms with van der Waals surface area (Å²) >= 11 is 5.80. The maximum absolute atomic E-state index is 12.4. The van der Waals surface area contributed by atoms with Gasteiger partial charge in [-0.15, -0.1) is 0 Å². The van der Waals surface area contributed by atoms with Gasteiger partial charge in [0, 0.05) is 18.0 Å². The van der Waals surface area contributed by atoms with Crippen molar-refractivity contribution in [2.45, 2.75) is 6.92 Å². The summed E-state index contributed by atoms with van der Waals surface area (Å²) in [6, 6.07) is 6.28. The third-order valence-electron chi connectivity index (χ3n) is 3.15. The summed E-state index contributed by atoms with van der Waals surface area (Å²) in [7, 11) is 0. The average molecular weight is 346 g/mol. The van der Waals surface area contributed by atoms with Crippen LogP contribution in [-0.2, 0) is 4.74 Å². The van der Waals surface area contributed by atoms with Crippen LogP contribution in [0.5, 0.6) is 0 Å². The van der Waals surface area contributed by atoms with E-state index in [1.807, 2.05) is 0 Å². The van der Waals surface area contributed by atoms with Crippen LogP contribution in [0, 0.1) is 0 Å². The number of aromatic nitrogens is 2. The summed E-state index contributed by atoms with van der Waals surface area (Å²) in [4.78, 5) is 32.4. The maximum Gasteiger partial charge on any atom is 0.376 e. The molecule has 0 radical (unpaired) electrons. The highest BCUT2D eigenvalue weighted by atomic mass is 35.5. The molecule has 0 saturated carbocycles. The van der Waals surface area contributed by atoms with Crippen LogP contribution in [0.15, 0.2) is 41.1 Å². The van der Waals surface area contributed by atoms with E-state index in [0.717, 1.165) is 0 Å². The number of ether oxygens (including phenoxy) is 1. The molecule has 0 saturated heterocycles. The van der Waals surface area contributed by atoms with Crippen molar-refractivity contribution in [1.29, 1.82) is 0 Å². The molecular weight excluding hydrogens is 334 g/mol. The number of amides is 1. The largest absolute Gasteiger partial charge is 0.460 e. The first-order chi connectivity index (χ1) is 11.6. The molecule has 0 spiro atoms. The van der Waals surface area contributed by atoms with Crippen LogP contribution >= 0.6 is 11.6 Å². The van der Waals surface area contributed by atoms with E-state index in [0.29, 0.717) is 10.9 Å². The third-order valence-corrected chi connectivity index (χ3v) is 3.36. The molecule has 0 aromatic carbocycles. The fourth-order valence-electron chi connectivity index (χ4n) is 2.13. The lowest BCUT2D eigenvalue weighted by atomic mass is 10.2. The summed E-state index contributed by atoms with van der Waals surface area (Å²) in [6.45, 7) is 1.85. The Balaban J connectivity index is 2.02. The van der Waals surface area contributed by atoms with Crippen LogP contribution in [0.25, 0.3) is 11.1 Å². The first kappa shape index (κ1) is 15.9.